The van der Waals surface area contributed by atoms with Crippen LogP contribution in [0.15, 0.2) is 76.5 Å². The average molecular weight is 477 g/mol. The van der Waals surface area contributed by atoms with E-state index < -0.39 is 15.8 Å². The van der Waals surface area contributed by atoms with E-state index in [9.17, 15) is 17.6 Å². The molecule has 3 aromatic rings. The van der Waals surface area contributed by atoms with E-state index in [1.807, 2.05) is 24.3 Å². The molecule has 0 saturated heterocycles. The van der Waals surface area contributed by atoms with E-state index in [1.165, 1.54) is 18.2 Å². The molecule has 0 spiro atoms. The van der Waals surface area contributed by atoms with Gasteiger partial charge in [-0.3, -0.25) is 9.52 Å². The first-order chi connectivity index (χ1) is 14.8. The monoisotopic (exact) mass is 476 g/mol. The molecule has 0 fully saturated rings. The van der Waals surface area contributed by atoms with Crippen molar-refractivity contribution in [1.82, 2.24) is 5.32 Å². The van der Waals surface area contributed by atoms with E-state index in [2.05, 4.69) is 10.0 Å². The van der Waals surface area contributed by atoms with Gasteiger partial charge in [-0.1, -0.05) is 29.8 Å². The van der Waals surface area contributed by atoms with E-state index in [4.69, 9.17) is 11.6 Å². The number of carbonyl (C=O) groups excluding carboxylic acids is 1. The Balaban J connectivity index is 1.55. The summed E-state index contributed by atoms with van der Waals surface area (Å²) < 4.78 is 40.7. The minimum absolute atomic E-state index is 0.0678. The summed E-state index contributed by atoms with van der Waals surface area (Å²) >= 11 is 7.91. The summed E-state index contributed by atoms with van der Waals surface area (Å²) in [6.45, 7) is 0. The molecule has 1 amide bonds. The molecule has 0 saturated carbocycles. The Morgan fingerprint density at radius 2 is 1.81 bits per heavy atom. The van der Waals surface area contributed by atoms with Crippen LogP contribution in [0.25, 0.3) is 0 Å². The molecule has 5 nitrogen and oxygen atoms in total. The number of sulfonamides is 1. The summed E-state index contributed by atoms with van der Waals surface area (Å²) in [6, 6.07) is 16.6. The van der Waals surface area contributed by atoms with Gasteiger partial charge >= 0.3 is 0 Å². The third-order valence-corrected chi connectivity index (χ3v) is 7.69. The second-order valence-electron chi connectivity index (χ2n) is 6.96. The van der Waals surface area contributed by atoms with Crippen molar-refractivity contribution >= 4 is 45.0 Å². The van der Waals surface area contributed by atoms with Gasteiger partial charge in [0.15, 0.2) is 0 Å². The van der Waals surface area contributed by atoms with Crippen molar-refractivity contribution in [2.45, 2.75) is 22.3 Å². The van der Waals surface area contributed by atoms with Crippen molar-refractivity contribution < 1.29 is 17.6 Å². The topological polar surface area (TPSA) is 75.3 Å². The van der Waals surface area contributed by atoms with Crippen LogP contribution in [0.4, 0.5) is 10.1 Å². The smallest absolute Gasteiger partial charge is 0.261 e. The van der Waals surface area contributed by atoms with Gasteiger partial charge in [0.2, 0.25) is 0 Å². The van der Waals surface area contributed by atoms with Crippen LogP contribution in [0.3, 0.4) is 0 Å². The zero-order valence-electron chi connectivity index (χ0n) is 16.1. The SMILES string of the molecule is O=C(NC1CCSc2ccccc21)c1ccc(Cl)c(NS(=O)(=O)c2ccc(F)cc2)c1. The van der Waals surface area contributed by atoms with Gasteiger partial charge in [-0.05, 0) is 60.5 Å². The van der Waals surface area contributed by atoms with Gasteiger partial charge in [0.25, 0.3) is 15.9 Å². The summed E-state index contributed by atoms with van der Waals surface area (Å²) in [5, 5.41) is 3.16. The van der Waals surface area contributed by atoms with Crippen molar-refractivity contribution in [3.63, 3.8) is 0 Å². The van der Waals surface area contributed by atoms with E-state index >= 15 is 0 Å². The molecular weight excluding hydrogens is 459 g/mol. The Kier molecular flexibility index (Phi) is 6.22. The van der Waals surface area contributed by atoms with Crippen molar-refractivity contribution in [2.75, 3.05) is 10.5 Å². The van der Waals surface area contributed by atoms with Gasteiger partial charge < -0.3 is 5.32 Å². The molecular formula is C22H18ClFN2O3S2. The number of benzene rings is 3. The lowest BCUT2D eigenvalue weighted by Crippen LogP contribution is -2.30. The number of nitrogens with one attached hydrogen (secondary N) is 2. The second kappa shape index (κ2) is 8.90. The molecule has 4 rings (SSSR count). The Morgan fingerprint density at radius 1 is 1.06 bits per heavy atom. The molecule has 160 valence electrons. The molecule has 1 heterocycles. The summed E-state index contributed by atoms with van der Waals surface area (Å²) in [7, 11) is -4.00. The van der Waals surface area contributed by atoms with Crippen molar-refractivity contribution in [3.8, 4) is 0 Å². The highest BCUT2D eigenvalue weighted by molar-refractivity contribution is 7.99. The molecule has 0 aromatic heterocycles. The van der Waals surface area contributed by atoms with Crippen LogP contribution in [0.5, 0.6) is 0 Å². The van der Waals surface area contributed by atoms with Crippen molar-refractivity contribution in [2.24, 2.45) is 0 Å². The van der Waals surface area contributed by atoms with Crippen LogP contribution in [0, 0.1) is 5.82 Å². The number of amides is 1. The Hall–Kier alpha value is -2.55. The first-order valence-corrected chi connectivity index (χ1v) is 12.3. The van der Waals surface area contributed by atoms with Crippen molar-refractivity contribution in [3.05, 3.63) is 88.7 Å². The molecule has 0 aliphatic carbocycles. The van der Waals surface area contributed by atoms with E-state index in [0.717, 1.165) is 46.9 Å². The summed E-state index contributed by atoms with van der Waals surface area (Å²) in [4.78, 5) is 13.9. The number of hydrogen-bond donors (Lipinski definition) is 2. The van der Waals surface area contributed by atoms with Gasteiger partial charge in [-0.25, -0.2) is 12.8 Å². The number of rotatable bonds is 5. The zero-order chi connectivity index (χ0) is 22.0. The zero-order valence-corrected chi connectivity index (χ0v) is 18.5. The maximum Gasteiger partial charge on any atom is 0.261 e. The van der Waals surface area contributed by atoms with E-state index in [1.54, 1.807) is 11.8 Å². The van der Waals surface area contributed by atoms with Gasteiger partial charge in [0.1, 0.15) is 5.82 Å². The van der Waals surface area contributed by atoms with Gasteiger partial charge in [-0.15, -0.1) is 11.8 Å². The third-order valence-electron chi connectivity index (χ3n) is 4.86. The molecule has 0 radical (unpaired) electrons. The number of fused-ring (bicyclic) bond motifs is 1. The standard InChI is InChI=1S/C22H18ClFN2O3S2/c23-18-10-5-14(13-20(18)26-31(28,29)16-8-6-15(24)7-9-16)22(27)25-19-11-12-30-21-4-2-1-3-17(19)21/h1-10,13,19,26H,11-12H2,(H,25,27). The van der Waals surface area contributed by atoms with E-state index in [-0.39, 0.29) is 33.1 Å². The number of anilines is 1. The number of hydrogen-bond acceptors (Lipinski definition) is 4. The van der Waals surface area contributed by atoms with Crippen LogP contribution in [0.1, 0.15) is 28.4 Å². The molecule has 1 aliphatic heterocycles. The summed E-state index contributed by atoms with van der Waals surface area (Å²) in [5.74, 6) is 0.0228. The fourth-order valence-electron chi connectivity index (χ4n) is 3.30. The molecule has 0 bridgehead atoms. The molecule has 1 atom stereocenters. The maximum absolute atomic E-state index is 13.1. The van der Waals surface area contributed by atoms with Crippen LogP contribution < -0.4 is 10.0 Å². The summed E-state index contributed by atoms with van der Waals surface area (Å²) in [5.41, 5.74) is 1.41. The molecule has 1 aliphatic rings. The van der Waals surface area contributed by atoms with Crippen LogP contribution in [-0.4, -0.2) is 20.1 Å². The number of thioether (sulfide) groups is 1. The van der Waals surface area contributed by atoms with Crippen LogP contribution >= 0.6 is 23.4 Å². The highest BCUT2D eigenvalue weighted by Crippen LogP contribution is 2.36. The molecule has 3 aromatic carbocycles. The summed E-state index contributed by atoms with van der Waals surface area (Å²) in [6.07, 6.45) is 0.797. The number of halogens is 2. The lowest BCUT2D eigenvalue weighted by atomic mass is 10.0. The largest absolute Gasteiger partial charge is 0.345 e. The first-order valence-electron chi connectivity index (χ1n) is 9.44. The Bertz CT molecular complexity index is 1230. The first kappa shape index (κ1) is 21.7. The predicted octanol–water partition coefficient (Wildman–Crippen LogP) is 5.25. The Morgan fingerprint density at radius 3 is 2.58 bits per heavy atom. The quantitative estimate of drug-likeness (QED) is 0.527. The second-order valence-corrected chi connectivity index (χ2v) is 10.2. The van der Waals surface area contributed by atoms with Gasteiger partial charge in [-0.2, -0.15) is 0 Å². The normalized spacial score (nSPS) is 15.7. The molecule has 1 unspecified atom stereocenters. The van der Waals surface area contributed by atoms with E-state index in [0.29, 0.717) is 0 Å². The molecule has 9 heteroatoms. The lowest BCUT2D eigenvalue weighted by Gasteiger charge is -2.26. The third kappa shape index (κ3) is 4.87. The molecule has 31 heavy (non-hydrogen) atoms. The van der Waals surface area contributed by atoms with Gasteiger partial charge in [0, 0.05) is 16.2 Å². The maximum atomic E-state index is 13.1. The Labute approximate surface area is 189 Å². The van der Waals surface area contributed by atoms with Crippen LogP contribution in [0.2, 0.25) is 5.02 Å². The van der Waals surface area contributed by atoms with Crippen LogP contribution in [-0.2, 0) is 10.0 Å². The number of carbonyl (C=O) groups is 1. The molecule has 2 N–H and O–H groups in total. The highest BCUT2D eigenvalue weighted by atomic mass is 35.5. The predicted molar refractivity (Wildman–Crippen MR) is 121 cm³/mol. The van der Waals surface area contributed by atoms with Crippen molar-refractivity contribution in [1.29, 1.82) is 0 Å². The highest BCUT2D eigenvalue weighted by Gasteiger charge is 2.23. The lowest BCUT2D eigenvalue weighted by molar-refractivity contribution is 0.0935. The average Bonchev–Trinajstić information content (AvgIpc) is 2.75. The minimum atomic E-state index is -4.00. The van der Waals surface area contributed by atoms with Gasteiger partial charge in [0.05, 0.1) is 21.6 Å². The fraction of sp³-hybridized carbons (Fsp3) is 0.136. The minimum Gasteiger partial charge on any atom is -0.345 e. The fourth-order valence-corrected chi connectivity index (χ4v) is 5.71.